The van der Waals surface area contributed by atoms with Gasteiger partial charge in [0, 0.05) is 18.0 Å². The van der Waals surface area contributed by atoms with Gasteiger partial charge in [-0.1, -0.05) is 19.9 Å². The minimum absolute atomic E-state index is 0.384. The van der Waals surface area contributed by atoms with E-state index in [0.717, 1.165) is 11.3 Å². The smallest absolute Gasteiger partial charge is 0.159 e. The second-order valence-electron chi connectivity index (χ2n) is 4.43. The molecule has 0 aliphatic carbocycles. The third kappa shape index (κ3) is 2.36. The molecule has 4 heteroatoms. The third-order valence-electron chi connectivity index (χ3n) is 2.69. The van der Waals surface area contributed by atoms with Gasteiger partial charge in [-0.05, 0) is 25.0 Å². The van der Waals surface area contributed by atoms with E-state index in [1.165, 1.54) is 0 Å². The average Bonchev–Trinajstić information content (AvgIpc) is 2.78. The van der Waals surface area contributed by atoms with E-state index < -0.39 is 6.10 Å². The van der Waals surface area contributed by atoms with Crippen LogP contribution in [-0.2, 0) is 0 Å². The van der Waals surface area contributed by atoms with Gasteiger partial charge in [0.2, 0.25) is 0 Å². The van der Waals surface area contributed by atoms with Crippen molar-refractivity contribution in [1.29, 1.82) is 0 Å². The van der Waals surface area contributed by atoms with Crippen LogP contribution in [0.5, 0.6) is 0 Å². The van der Waals surface area contributed by atoms with E-state index in [9.17, 15) is 5.11 Å². The van der Waals surface area contributed by atoms with Crippen LogP contribution in [0.3, 0.4) is 0 Å². The summed E-state index contributed by atoms with van der Waals surface area (Å²) < 4.78 is 1.72. The van der Waals surface area contributed by atoms with Gasteiger partial charge in [-0.25, -0.2) is 9.67 Å². The van der Waals surface area contributed by atoms with Gasteiger partial charge in [0.05, 0.1) is 11.8 Å². The van der Waals surface area contributed by atoms with Crippen molar-refractivity contribution in [1.82, 2.24) is 14.8 Å². The molecular formula is C13H17N3O. The van der Waals surface area contributed by atoms with Crippen molar-refractivity contribution in [2.75, 3.05) is 0 Å². The van der Waals surface area contributed by atoms with Crippen molar-refractivity contribution in [3.63, 3.8) is 0 Å². The number of aliphatic hydroxyl groups excluding tert-OH is 1. The second kappa shape index (κ2) is 4.67. The SMILES string of the molecule is CC(C)c1ccn(-c2ncccc2[C@H](C)O)n1. The Kier molecular flexibility index (Phi) is 3.24. The molecule has 2 heterocycles. The summed E-state index contributed by atoms with van der Waals surface area (Å²) >= 11 is 0. The molecule has 4 nitrogen and oxygen atoms in total. The van der Waals surface area contributed by atoms with E-state index in [1.807, 2.05) is 24.4 Å². The molecule has 0 spiro atoms. The van der Waals surface area contributed by atoms with Crippen LogP contribution in [0.1, 0.15) is 44.1 Å². The number of aromatic nitrogens is 3. The van der Waals surface area contributed by atoms with Crippen LogP contribution >= 0.6 is 0 Å². The molecular weight excluding hydrogens is 214 g/mol. The molecule has 90 valence electrons. The van der Waals surface area contributed by atoms with E-state index in [-0.39, 0.29) is 0 Å². The quantitative estimate of drug-likeness (QED) is 0.882. The average molecular weight is 231 g/mol. The van der Waals surface area contributed by atoms with E-state index in [2.05, 4.69) is 23.9 Å². The predicted molar refractivity (Wildman–Crippen MR) is 66.1 cm³/mol. The molecule has 2 rings (SSSR count). The number of aliphatic hydroxyl groups is 1. The lowest BCUT2D eigenvalue weighted by Gasteiger charge is -2.10. The second-order valence-corrected chi connectivity index (χ2v) is 4.43. The lowest BCUT2D eigenvalue weighted by atomic mass is 10.1. The Morgan fingerprint density at radius 3 is 2.59 bits per heavy atom. The fourth-order valence-corrected chi connectivity index (χ4v) is 1.69. The molecule has 2 aromatic heterocycles. The van der Waals surface area contributed by atoms with Gasteiger partial charge in [0.15, 0.2) is 5.82 Å². The predicted octanol–water partition coefficient (Wildman–Crippen LogP) is 2.44. The number of rotatable bonds is 3. The molecule has 0 unspecified atom stereocenters. The summed E-state index contributed by atoms with van der Waals surface area (Å²) in [5.41, 5.74) is 1.80. The van der Waals surface area contributed by atoms with Crippen LogP contribution in [-0.4, -0.2) is 19.9 Å². The molecule has 0 fully saturated rings. The molecule has 0 bridgehead atoms. The highest BCUT2D eigenvalue weighted by Crippen LogP contribution is 2.20. The highest BCUT2D eigenvalue weighted by atomic mass is 16.3. The molecule has 17 heavy (non-hydrogen) atoms. The first-order valence-corrected chi connectivity index (χ1v) is 5.78. The zero-order valence-corrected chi connectivity index (χ0v) is 10.3. The zero-order valence-electron chi connectivity index (χ0n) is 10.3. The summed E-state index contributed by atoms with van der Waals surface area (Å²) in [6, 6.07) is 5.66. The van der Waals surface area contributed by atoms with Crippen molar-refractivity contribution in [3.8, 4) is 5.82 Å². The molecule has 0 aliphatic rings. The lowest BCUT2D eigenvalue weighted by molar-refractivity contribution is 0.198. The summed E-state index contributed by atoms with van der Waals surface area (Å²) in [5.74, 6) is 1.07. The summed E-state index contributed by atoms with van der Waals surface area (Å²) in [7, 11) is 0. The van der Waals surface area contributed by atoms with Crippen LogP contribution in [0, 0.1) is 0 Å². The number of hydrogen-bond donors (Lipinski definition) is 1. The summed E-state index contributed by atoms with van der Waals surface area (Å²) in [5, 5.41) is 14.2. The first-order chi connectivity index (χ1) is 8.09. The van der Waals surface area contributed by atoms with Gasteiger partial charge in [-0.2, -0.15) is 5.10 Å². The van der Waals surface area contributed by atoms with Crippen molar-refractivity contribution in [2.24, 2.45) is 0 Å². The number of hydrogen-bond acceptors (Lipinski definition) is 3. The van der Waals surface area contributed by atoms with E-state index in [1.54, 1.807) is 17.8 Å². The van der Waals surface area contributed by atoms with Gasteiger partial charge in [-0.3, -0.25) is 0 Å². The van der Waals surface area contributed by atoms with Crippen LogP contribution < -0.4 is 0 Å². The topological polar surface area (TPSA) is 50.9 Å². The minimum Gasteiger partial charge on any atom is -0.389 e. The maximum absolute atomic E-state index is 9.70. The van der Waals surface area contributed by atoms with Crippen LogP contribution in [0.25, 0.3) is 5.82 Å². The molecule has 2 aromatic rings. The molecule has 0 aromatic carbocycles. The Hall–Kier alpha value is -1.68. The first-order valence-electron chi connectivity index (χ1n) is 5.78. The largest absolute Gasteiger partial charge is 0.389 e. The Balaban J connectivity index is 2.45. The number of nitrogens with zero attached hydrogens (tertiary/aromatic N) is 3. The molecule has 0 radical (unpaired) electrons. The Labute approximate surface area is 101 Å². The fourth-order valence-electron chi connectivity index (χ4n) is 1.69. The van der Waals surface area contributed by atoms with Crippen LogP contribution in [0.2, 0.25) is 0 Å². The van der Waals surface area contributed by atoms with Crippen LogP contribution in [0.15, 0.2) is 30.6 Å². The Bertz CT molecular complexity index is 503. The van der Waals surface area contributed by atoms with Gasteiger partial charge in [0.1, 0.15) is 0 Å². The lowest BCUT2D eigenvalue weighted by Crippen LogP contribution is -2.06. The maximum atomic E-state index is 9.70. The molecule has 1 N–H and O–H groups in total. The van der Waals surface area contributed by atoms with Crippen molar-refractivity contribution < 1.29 is 5.11 Å². The number of pyridine rings is 1. The van der Waals surface area contributed by atoms with Gasteiger partial charge in [0.25, 0.3) is 0 Å². The highest BCUT2D eigenvalue weighted by Gasteiger charge is 2.12. The monoisotopic (exact) mass is 231 g/mol. The fraction of sp³-hybridized carbons (Fsp3) is 0.385. The zero-order chi connectivity index (χ0) is 12.4. The normalized spacial score (nSPS) is 13.0. The van der Waals surface area contributed by atoms with Crippen molar-refractivity contribution in [2.45, 2.75) is 32.8 Å². The molecule has 0 amide bonds. The standard InChI is InChI=1S/C13H17N3O/c1-9(2)12-6-8-16(15-12)13-11(10(3)17)5-4-7-14-13/h4-10,17H,1-3H3/t10-/m0/s1. The van der Waals surface area contributed by atoms with E-state index in [4.69, 9.17) is 0 Å². The van der Waals surface area contributed by atoms with Gasteiger partial charge in [-0.15, -0.1) is 0 Å². The molecule has 1 atom stereocenters. The molecule has 0 aliphatic heterocycles. The van der Waals surface area contributed by atoms with Crippen LogP contribution in [0.4, 0.5) is 0 Å². The van der Waals surface area contributed by atoms with Crippen molar-refractivity contribution >= 4 is 0 Å². The van der Waals surface area contributed by atoms with Gasteiger partial charge >= 0.3 is 0 Å². The summed E-state index contributed by atoms with van der Waals surface area (Å²) in [6.45, 7) is 5.93. The Morgan fingerprint density at radius 2 is 2.00 bits per heavy atom. The third-order valence-corrected chi connectivity index (χ3v) is 2.69. The molecule has 0 saturated carbocycles. The highest BCUT2D eigenvalue weighted by molar-refractivity contribution is 5.34. The summed E-state index contributed by atoms with van der Waals surface area (Å²) in [6.07, 6.45) is 3.03. The van der Waals surface area contributed by atoms with Gasteiger partial charge < -0.3 is 5.11 Å². The Morgan fingerprint density at radius 1 is 1.24 bits per heavy atom. The first kappa shape index (κ1) is 11.8. The van der Waals surface area contributed by atoms with E-state index in [0.29, 0.717) is 11.7 Å². The maximum Gasteiger partial charge on any atom is 0.159 e. The summed E-state index contributed by atoms with van der Waals surface area (Å²) in [4.78, 5) is 4.28. The van der Waals surface area contributed by atoms with Crippen molar-refractivity contribution in [3.05, 3.63) is 41.9 Å². The minimum atomic E-state index is -0.551. The van der Waals surface area contributed by atoms with E-state index >= 15 is 0 Å². The molecule has 0 saturated heterocycles.